The van der Waals surface area contributed by atoms with Crippen LogP contribution in [-0.4, -0.2) is 30.6 Å². The van der Waals surface area contributed by atoms with Crippen LogP contribution < -0.4 is 10.5 Å². The smallest absolute Gasteiger partial charge is 0.259 e. The lowest BCUT2D eigenvalue weighted by atomic mass is 10.4. The Kier molecular flexibility index (Phi) is 3.83. The number of nitrogens with two attached hydrogens (primary N) is 1. The van der Waals surface area contributed by atoms with Gasteiger partial charge in [-0.05, 0) is 13.8 Å². The van der Waals surface area contributed by atoms with Gasteiger partial charge in [0, 0.05) is 25.3 Å². The number of rotatable bonds is 5. The summed E-state index contributed by atoms with van der Waals surface area (Å²) in [5, 5.41) is 0.0324. The number of nitrogens with zero attached hydrogens (tertiary/aromatic N) is 2. The summed E-state index contributed by atoms with van der Waals surface area (Å²) in [7, 11) is -3.51. The van der Waals surface area contributed by atoms with Gasteiger partial charge in [0.1, 0.15) is 0 Å². The Labute approximate surface area is 89.5 Å². The van der Waals surface area contributed by atoms with Crippen molar-refractivity contribution < 1.29 is 8.42 Å². The van der Waals surface area contributed by atoms with Gasteiger partial charge in [0.2, 0.25) is 0 Å². The summed E-state index contributed by atoms with van der Waals surface area (Å²) < 4.78 is 27.3. The first kappa shape index (κ1) is 12.2. The molecule has 7 heteroatoms. The second kappa shape index (κ2) is 4.73. The van der Waals surface area contributed by atoms with Crippen LogP contribution in [0.15, 0.2) is 17.6 Å². The van der Waals surface area contributed by atoms with Crippen LogP contribution in [0.2, 0.25) is 0 Å². The molecule has 0 spiro atoms. The molecule has 3 N–H and O–H groups in total. The van der Waals surface area contributed by atoms with Crippen molar-refractivity contribution in [3.8, 4) is 0 Å². The van der Waals surface area contributed by atoms with E-state index in [-0.39, 0.29) is 17.6 Å². The molecule has 1 aromatic heterocycles. The zero-order chi connectivity index (χ0) is 11.5. The minimum absolute atomic E-state index is 0.0324. The molecular formula is C8H16N4O2S. The minimum atomic E-state index is -3.51. The number of nitrogens with one attached hydrogen (secondary N) is 1. The summed E-state index contributed by atoms with van der Waals surface area (Å²) in [4.78, 5) is 3.81. The molecule has 6 nitrogen and oxygen atoms in total. The van der Waals surface area contributed by atoms with Gasteiger partial charge in [-0.2, -0.15) is 0 Å². The van der Waals surface area contributed by atoms with Crippen LogP contribution in [0.4, 0.5) is 0 Å². The summed E-state index contributed by atoms with van der Waals surface area (Å²) in [5.74, 6) is 0. The van der Waals surface area contributed by atoms with E-state index in [4.69, 9.17) is 5.73 Å². The highest BCUT2D eigenvalue weighted by Gasteiger charge is 2.16. The highest BCUT2D eigenvalue weighted by Crippen LogP contribution is 2.04. The lowest BCUT2D eigenvalue weighted by Crippen LogP contribution is -2.35. The second-order valence-corrected chi connectivity index (χ2v) is 5.09. The Morgan fingerprint density at radius 3 is 2.80 bits per heavy atom. The number of aromatic nitrogens is 2. The van der Waals surface area contributed by atoms with E-state index in [9.17, 15) is 8.42 Å². The molecule has 0 aliphatic rings. The van der Waals surface area contributed by atoms with E-state index in [0.717, 1.165) is 0 Å². The van der Waals surface area contributed by atoms with Gasteiger partial charge in [-0.15, -0.1) is 0 Å². The zero-order valence-corrected chi connectivity index (χ0v) is 9.66. The lowest BCUT2D eigenvalue weighted by molar-refractivity contribution is 0.570. The summed E-state index contributed by atoms with van der Waals surface area (Å²) in [6.45, 7) is 4.54. The van der Waals surface area contributed by atoms with E-state index in [0.29, 0.717) is 6.54 Å². The maximum Gasteiger partial charge on any atom is 0.259 e. The quantitative estimate of drug-likeness (QED) is 0.718. The average Bonchev–Trinajstić information content (AvgIpc) is 2.63. The highest BCUT2D eigenvalue weighted by atomic mass is 32.2. The van der Waals surface area contributed by atoms with E-state index in [2.05, 4.69) is 9.71 Å². The third-order valence-corrected chi connectivity index (χ3v) is 3.15. The van der Waals surface area contributed by atoms with E-state index in [1.807, 2.05) is 6.92 Å². The van der Waals surface area contributed by atoms with E-state index < -0.39 is 10.0 Å². The molecule has 0 bridgehead atoms. The Balaban J connectivity index is 2.77. The third kappa shape index (κ3) is 3.29. The maximum absolute atomic E-state index is 11.6. The topological polar surface area (TPSA) is 90.0 Å². The molecule has 1 aromatic rings. The van der Waals surface area contributed by atoms with Gasteiger partial charge in [0.05, 0.1) is 6.33 Å². The predicted molar refractivity (Wildman–Crippen MR) is 56.7 cm³/mol. The van der Waals surface area contributed by atoms with Crippen molar-refractivity contribution in [1.29, 1.82) is 0 Å². The highest BCUT2D eigenvalue weighted by molar-refractivity contribution is 7.89. The number of hydrogen-bond acceptors (Lipinski definition) is 4. The van der Waals surface area contributed by atoms with Crippen LogP contribution in [0.5, 0.6) is 0 Å². The minimum Gasteiger partial charge on any atom is -0.336 e. The van der Waals surface area contributed by atoms with Gasteiger partial charge in [-0.25, -0.2) is 18.1 Å². The van der Waals surface area contributed by atoms with Crippen molar-refractivity contribution in [3.63, 3.8) is 0 Å². The Morgan fingerprint density at radius 1 is 1.67 bits per heavy atom. The maximum atomic E-state index is 11.6. The Hall–Kier alpha value is -0.920. The molecule has 1 atom stereocenters. The molecule has 0 fully saturated rings. The van der Waals surface area contributed by atoms with Gasteiger partial charge in [0.15, 0.2) is 5.03 Å². The molecule has 0 amide bonds. The second-order valence-electron chi connectivity index (χ2n) is 3.37. The number of hydrogen-bond donors (Lipinski definition) is 2. The fourth-order valence-corrected chi connectivity index (χ4v) is 2.06. The van der Waals surface area contributed by atoms with Gasteiger partial charge in [-0.3, -0.25) is 0 Å². The van der Waals surface area contributed by atoms with Crippen LogP contribution in [0, 0.1) is 0 Å². The normalized spacial score (nSPS) is 14.1. The molecular weight excluding hydrogens is 216 g/mol. The fraction of sp³-hybridized carbons (Fsp3) is 0.625. The van der Waals surface area contributed by atoms with Gasteiger partial charge in [-0.1, -0.05) is 0 Å². The van der Waals surface area contributed by atoms with Crippen molar-refractivity contribution in [3.05, 3.63) is 12.5 Å². The molecule has 1 rings (SSSR count). The SMILES string of the molecule is CCn1cnc(S(=O)(=O)NCC(C)N)c1. The molecule has 15 heavy (non-hydrogen) atoms. The van der Waals surface area contributed by atoms with E-state index in [1.54, 1.807) is 11.5 Å². The fourth-order valence-electron chi connectivity index (χ4n) is 0.966. The van der Waals surface area contributed by atoms with Crippen LogP contribution in [0.1, 0.15) is 13.8 Å². The molecule has 1 unspecified atom stereocenters. The molecule has 0 aliphatic heterocycles. The van der Waals surface area contributed by atoms with Crippen LogP contribution in [-0.2, 0) is 16.6 Å². The largest absolute Gasteiger partial charge is 0.336 e. The lowest BCUT2D eigenvalue weighted by Gasteiger charge is -2.06. The third-order valence-electron chi connectivity index (χ3n) is 1.85. The van der Waals surface area contributed by atoms with Crippen LogP contribution in [0.25, 0.3) is 0 Å². The average molecular weight is 232 g/mol. The van der Waals surface area contributed by atoms with Crippen molar-refractivity contribution in [1.82, 2.24) is 14.3 Å². The van der Waals surface area contributed by atoms with Gasteiger partial charge >= 0.3 is 0 Å². The Morgan fingerprint density at radius 2 is 2.33 bits per heavy atom. The first-order valence-electron chi connectivity index (χ1n) is 4.72. The molecule has 86 valence electrons. The number of aryl methyl sites for hydroxylation is 1. The predicted octanol–water partition coefficient (Wildman–Crippen LogP) is -0.471. The molecule has 0 radical (unpaired) electrons. The van der Waals surface area contributed by atoms with Gasteiger partial charge in [0.25, 0.3) is 10.0 Å². The summed E-state index contributed by atoms with van der Waals surface area (Å²) in [6.07, 6.45) is 2.98. The molecule has 0 aliphatic carbocycles. The Bertz CT molecular complexity index is 410. The number of sulfonamides is 1. The zero-order valence-electron chi connectivity index (χ0n) is 8.84. The van der Waals surface area contributed by atoms with E-state index in [1.165, 1.54) is 12.5 Å². The summed E-state index contributed by atoms with van der Waals surface area (Å²) in [6, 6.07) is -0.215. The summed E-state index contributed by atoms with van der Waals surface area (Å²) in [5.41, 5.74) is 5.46. The van der Waals surface area contributed by atoms with Crippen molar-refractivity contribution in [2.24, 2.45) is 5.73 Å². The molecule has 0 saturated carbocycles. The molecule has 0 saturated heterocycles. The summed E-state index contributed by atoms with van der Waals surface area (Å²) >= 11 is 0. The van der Waals surface area contributed by atoms with E-state index >= 15 is 0 Å². The number of imidazole rings is 1. The van der Waals surface area contributed by atoms with Crippen LogP contribution in [0.3, 0.4) is 0 Å². The van der Waals surface area contributed by atoms with Crippen molar-refractivity contribution in [2.45, 2.75) is 31.5 Å². The first-order valence-corrected chi connectivity index (χ1v) is 6.21. The monoisotopic (exact) mass is 232 g/mol. The molecule has 0 aromatic carbocycles. The molecule has 1 heterocycles. The van der Waals surface area contributed by atoms with Gasteiger partial charge < -0.3 is 10.3 Å². The van der Waals surface area contributed by atoms with Crippen molar-refractivity contribution >= 4 is 10.0 Å². The first-order chi connectivity index (χ1) is 6.95. The van der Waals surface area contributed by atoms with Crippen molar-refractivity contribution in [2.75, 3.05) is 6.54 Å². The van der Waals surface area contributed by atoms with Crippen LogP contribution >= 0.6 is 0 Å². The standard InChI is InChI=1S/C8H16N4O2S/c1-3-12-5-8(10-6-12)15(13,14)11-4-7(2)9/h5-7,11H,3-4,9H2,1-2H3.